The van der Waals surface area contributed by atoms with Gasteiger partial charge >= 0.3 is 6.09 Å². The van der Waals surface area contributed by atoms with E-state index in [2.05, 4.69) is 10.2 Å². The van der Waals surface area contributed by atoms with Gasteiger partial charge in [0, 0.05) is 39.6 Å². The van der Waals surface area contributed by atoms with Crippen molar-refractivity contribution in [1.82, 2.24) is 15.1 Å². The molecule has 0 radical (unpaired) electrons. The van der Waals surface area contributed by atoms with Gasteiger partial charge in [-0.05, 0) is 64.8 Å². The fourth-order valence-electron chi connectivity index (χ4n) is 3.94. The lowest BCUT2D eigenvalue weighted by Gasteiger charge is -2.41. The van der Waals surface area contributed by atoms with Crippen molar-refractivity contribution in [1.29, 1.82) is 0 Å². The van der Waals surface area contributed by atoms with E-state index in [4.69, 9.17) is 4.74 Å². The minimum Gasteiger partial charge on any atom is -0.444 e. The smallest absolute Gasteiger partial charge is 0.410 e. The van der Waals surface area contributed by atoms with E-state index in [9.17, 15) is 9.59 Å². The van der Waals surface area contributed by atoms with Crippen molar-refractivity contribution in [3.05, 3.63) is 0 Å². The number of piperidine rings is 2. The molecule has 0 aliphatic carbocycles. The van der Waals surface area contributed by atoms with Crippen LogP contribution in [0.3, 0.4) is 0 Å². The number of hydrogen-bond donors (Lipinski definition) is 1. The van der Waals surface area contributed by atoms with E-state index < -0.39 is 5.60 Å². The second-order valence-corrected chi connectivity index (χ2v) is 8.43. The molecule has 2 amide bonds. The fourth-order valence-corrected chi connectivity index (χ4v) is 3.94. The molecule has 2 fully saturated rings. The Labute approximate surface area is 152 Å². The van der Waals surface area contributed by atoms with Crippen molar-refractivity contribution in [2.24, 2.45) is 11.8 Å². The second kappa shape index (κ2) is 8.88. The van der Waals surface area contributed by atoms with Crippen molar-refractivity contribution in [3.63, 3.8) is 0 Å². The molecule has 0 spiro atoms. The molecule has 0 aromatic carbocycles. The molecule has 144 valence electrons. The van der Waals surface area contributed by atoms with E-state index in [-0.39, 0.29) is 12.0 Å². The number of nitrogens with one attached hydrogen (secondary N) is 1. The van der Waals surface area contributed by atoms with Crippen LogP contribution in [0.4, 0.5) is 4.79 Å². The second-order valence-electron chi connectivity index (χ2n) is 8.43. The van der Waals surface area contributed by atoms with Crippen LogP contribution in [0, 0.1) is 11.8 Å². The van der Waals surface area contributed by atoms with E-state index in [1.54, 1.807) is 7.05 Å². The highest BCUT2D eigenvalue weighted by Gasteiger charge is 2.32. The molecule has 0 aromatic rings. The SMILES string of the molecule is CNC(=O)CCN1CCC[C@H](C2CCN(C(=O)OC(C)(C)C)CC2)C1. The van der Waals surface area contributed by atoms with E-state index in [0.29, 0.717) is 18.3 Å². The molecule has 2 saturated heterocycles. The molecule has 0 bridgehead atoms. The maximum Gasteiger partial charge on any atom is 0.410 e. The Morgan fingerprint density at radius 2 is 1.76 bits per heavy atom. The first-order valence-corrected chi connectivity index (χ1v) is 9.69. The van der Waals surface area contributed by atoms with Crippen LogP contribution in [0.15, 0.2) is 0 Å². The van der Waals surface area contributed by atoms with Crippen molar-refractivity contribution >= 4 is 12.0 Å². The van der Waals surface area contributed by atoms with E-state index in [1.165, 1.54) is 12.8 Å². The molecule has 2 aliphatic heterocycles. The molecule has 2 heterocycles. The molecule has 25 heavy (non-hydrogen) atoms. The van der Waals surface area contributed by atoms with Gasteiger partial charge in [0.25, 0.3) is 0 Å². The van der Waals surface area contributed by atoms with Gasteiger partial charge in [0.05, 0.1) is 0 Å². The van der Waals surface area contributed by atoms with Crippen LogP contribution in [0.25, 0.3) is 0 Å². The first kappa shape index (κ1) is 20.0. The molecule has 1 atom stereocenters. The number of rotatable bonds is 4. The Morgan fingerprint density at radius 1 is 1.08 bits per heavy atom. The predicted molar refractivity (Wildman–Crippen MR) is 98.4 cm³/mol. The molecule has 0 aromatic heterocycles. The summed E-state index contributed by atoms with van der Waals surface area (Å²) in [6, 6.07) is 0. The molecule has 2 aliphatic rings. The Balaban J connectivity index is 1.76. The first-order chi connectivity index (χ1) is 11.8. The van der Waals surface area contributed by atoms with E-state index in [0.717, 1.165) is 45.6 Å². The van der Waals surface area contributed by atoms with Gasteiger partial charge in [-0.15, -0.1) is 0 Å². The third-order valence-electron chi connectivity index (χ3n) is 5.33. The summed E-state index contributed by atoms with van der Waals surface area (Å²) in [7, 11) is 1.69. The fraction of sp³-hybridized carbons (Fsp3) is 0.895. The first-order valence-electron chi connectivity index (χ1n) is 9.69. The molecule has 0 saturated carbocycles. The Morgan fingerprint density at radius 3 is 2.36 bits per heavy atom. The van der Waals surface area contributed by atoms with E-state index >= 15 is 0 Å². The summed E-state index contributed by atoms with van der Waals surface area (Å²) in [6.07, 6.45) is 5.01. The number of ether oxygens (including phenoxy) is 1. The zero-order valence-corrected chi connectivity index (χ0v) is 16.3. The van der Waals surface area contributed by atoms with Crippen molar-refractivity contribution in [3.8, 4) is 0 Å². The summed E-state index contributed by atoms with van der Waals surface area (Å²) in [6.45, 7) is 10.4. The summed E-state index contributed by atoms with van der Waals surface area (Å²) in [5.41, 5.74) is -0.428. The largest absolute Gasteiger partial charge is 0.444 e. The normalized spacial score (nSPS) is 23.4. The highest BCUT2D eigenvalue weighted by Crippen LogP contribution is 2.32. The lowest BCUT2D eigenvalue weighted by Crippen LogP contribution is -2.45. The van der Waals surface area contributed by atoms with Gasteiger partial charge < -0.3 is 19.9 Å². The number of hydrogen-bond acceptors (Lipinski definition) is 4. The van der Waals surface area contributed by atoms with Crippen LogP contribution < -0.4 is 5.32 Å². The van der Waals surface area contributed by atoms with Crippen molar-refractivity contribution in [2.75, 3.05) is 39.8 Å². The van der Waals surface area contributed by atoms with Gasteiger partial charge in [-0.1, -0.05) is 0 Å². The third kappa shape index (κ3) is 6.49. The van der Waals surface area contributed by atoms with Gasteiger partial charge in [-0.3, -0.25) is 4.79 Å². The summed E-state index contributed by atoms with van der Waals surface area (Å²) < 4.78 is 5.48. The number of amides is 2. The number of nitrogens with zero attached hydrogens (tertiary/aromatic N) is 2. The average Bonchev–Trinajstić information content (AvgIpc) is 2.58. The van der Waals surface area contributed by atoms with Crippen LogP contribution in [0.1, 0.15) is 52.9 Å². The Kier molecular flexibility index (Phi) is 7.11. The number of carbonyl (C=O) groups excluding carboxylic acids is 2. The maximum atomic E-state index is 12.2. The highest BCUT2D eigenvalue weighted by atomic mass is 16.6. The van der Waals surface area contributed by atoms with Gasteiger partial charge in [-0.2, -0.15) is 0 Å². The number of carbonyl (C=O) groups is 2. The van der Waals surface area contributed by atoms with Crippen LogP contribution in [-0.4, -0.2) is 67.2 Å². The standard InChI is InChI=1S/C19H35N3O3/c1-19(2,3)25-18(24)22-12-7-15(8-13-22)16-6-5-10-21(14-16)11-9-17(23)20-4/h15-16H,5-14H2,1-4H3,(H,20,23)/t16-/m0/s1. The molecule has 6 heteroatoms. The number of likely N-dealkylation sites (tertiary alicyclic amines) is 2. The molecule has 2 rings (SSSR count). The predicted octanol–water partition coefficient (Wildman–Crippen LogP) is 2.48. The summed E-state index contributed by atoms with van der Waals surface area (Å²) in [4.78, 5) is 27.9. The Hall–Kier alpha value is -1.30. The monoisotopic (exact) mass is 353 g/mol. The molecule has 1 N–H and O–H groups in total. The maximum absolute atomic E-state index is 12.2. The minimum absolute atomic E-state index is 0.118. The van der Waals surface area contributed by atoms with Gasteiger partial charge in [0.1, 0.15) is 5.60 Å². The van der Waals surface area contributed by atoms with Gasteiger partial charge in [0.2, 0.25) is 5.91 Å². The van der Waals surface area contributed by atoms with Crippen LogP contribution in [0.2, 0.25) is 0 Å². The van der Waals surface area contributed by atoms with Gasteiger partial charge in [0.15, 0.2) is 0 Å². The molecule has 6 nitrogen and oxygen atoms in total. The topological polar surface area (TPSA) is 61.9 Å². The summed E-state index contributed by atoms with van der Waals surface area (Å²) in [5.74, 6) is 1.49. The van der Waals surface area contributed by atoms with Crippen molar-refractivity contribution < 1.29 is 14.3 Å². The highest BCUT2D eigenvalue weighted by molar-refractivity contribution is 5.75. The average molecular weight is 354 g/mol. The van der Waals surface area contributed by atoms with Crippen LogP contribution in [-0.2, 0) is 9.53 Å². The Bertz CT molecular complexity index is 453. The lowest BCUT2D eigenvalue weighted by molar-refractivity contribution is -0.121. The summed E-state index contributed by atoms with van der Waals surface area (Å²) in [5, 5.41) is 2.70. The van der Waals surface area contributed by atoms with E-state index in [1.807, 2.05) is 25.7 Å². The van der Waals surface area contributed by atoms with Crippen LogP contribution in [0.5, 0.6) is 0 Å². The quantitative estimate of drug-likeness (QED) is 0.843. The molecular weight excluding hydrogens is 318 g/mol. The molecule has 0 unspecified atom stereocenters. The van der Waals surface area contributed by atoms with Crippen LogP contribution >= 0.6 is 0 Å². The van der Waals surface area contributed by atoms with Crippen molar-refractivity contribution in [2.45, 2.75) is 58.5 Å². The zero-order chi connectivity index (χ0) is 18.4. The zero-order valence-electron chi connectivity index (χ0n) is 16.3. The third-order valence-corrected chi connectivity index (χ3v) is 5.33. The van der Waals surface area contributed by atoms with Gasteiger partial charge in [-0.25, -0.2) is 4.79 Å². The molecular formula is C19H35N3O3. The minimum atomic E-state index is -0.428. The summed E-state index contributed by atoms with van der Waals surface area (Å²) >= 11 is 0. The lowest BCUT2D eigenvalue weighted by atomic mass is 9.79.